The van der Waals surface area contributed by atoms with Gasteiger partial charge in [0, 0.05) is 5.38 Å². The Hall–Kier alpha value is -1.01. The lowest BCUT2D eigenvalue weighted by Crippen LogP contribution is -2.19. The standard InChI is InChI=1S/C3H3NOS.C2H2N2S/c5-4-1-2-6-3-4;1-2-5-4-3-1/h1-3H;1-2H. The first-order valence-corrected chi connectivity index (χ1v) is 4.49. The lowest BCUT2D eigenvalue weighted by Gasteiger charge is -1.79. The Labute approximate surface area is 71.5 Å². The highest BCUT2D eigenvalue weighted by Gasteiger charge is 1.78. The maximum absolute atomic E-state index is 10.00. The van der Waals surface area contributed by atoms with E-state index in [2.05, 4.69) is 9.59 Å². The van der Waals surface area contributed by atoms with E-state index in [1.54, 1.807) is 11.6 Å². The SMILES string of the molecule is [O-][n+]1ccsc1.c1csnn1. The first-order valence-electron chi connectivity index (χ1n) is 2.71. The molecule has 0 aliphatic heterocycles. The van der Waals surface area contributed by atoms with Gasteiger partial charge in [-0.15, -0.1) is 5.10 Å². The molecule has 2 rings (SSSR count). The number of hydrogen-bond acceptors (Lipinski definition) is 5. The average molecular weight is 187 g/mol. The highest BCUT2D eigenvalue weighted by molar-refractivity contribution is 7.07. The molecule has 0 spiro atoms. The topological polar surface area (TPSA) is 52.7 Å². The van der Waals surface area contributed by atoms with Crippen LogP contribution in [0.2, 0.25) is 0 Å². The van der Waals surface area contributed by atoms with Gasteiger partial charge in [-0.3, -0.25) is 0 Å². The maximum Gasteiger partial charge on any atom is 0.236 e. The quantitative estimate of drug-likeness (QED) is 0.455. The molecule has 0 fully saturated rings. The fraction of sp³-hybridized carbons (Fsp3) is 0. The molecule has 4 nitrogen and oxygen atoms in total. The number of thiazole rings is 1. The van der Waals surface area contributed by atoms with Crippen molar-refractivity contribution in [3.63, 3.8) is 0 Å². The van der Waals surface area contributed by atoms with Gasteiger partial charge in [-0.1, -0.05) is 15.8 Å². The summed E-state index contributed by atoms with van der Waals surface area (Å²) in [6.07, 6.45) is 3.12. The zero-order valence-electron chi connectivity index (χ0n) is 5.45. The number of nitrogens with zero attached hydrogens (tertiary/aromatic N) is 3. The molecule has 0 saturated heterocycles. The van der Waals surface area contributed by atoms with Gasteiger partial charge in [0.15, 0.2) is 6.20 Å². The predicted molar refractivity (Wildman–Crippen MR) is 43.2 cm³/mol. The number of aromatic nitrogens is 3. The zero-order chi connectivity index (χ0) is 7.94. The van der Waals surface area contributed by atoms with Crippen LogP contribution in [0.25, 0.3) is 0 Å². The van der Waals surface area contributed by atoms with Crippen LogP contribution < -0.4 is 4.73 Å². The maximum atomic E-state index is 10.00. The van der Waals surface area contributed by atoms with E-state index < -0.39 is 0 Å². The van der Waals surface area contributed by atoms with Crippen LogP contribution >= 0.6 is 22.9 Å². The Morgan fingerprint density at radius 2 is 2.27 bits per heavy atom. The minimum Gasteiger partial charge on any atom is -0.618 e. The van der Waals surface area contributed by atoms with Crippen LogP contribution in [0.15, 0.2) is 28.7 Å². The third kappa shape index (κ3) is 3.64. The summed E-state index contributed by atoms with van der Waals surface area (Å²) in [6, 6.07) is 0. The van der Waals surface area contributed by atoms with Gasteiger partial charge < -0.3 is 5.21 Å². The van der Waals surface area contributed by atoms with Crippen molar-refractivity contribution in [3.8, 4) is 0 Å². The third-order valence-electron chi connectivity index (χ3n) is 0.734. The molecule has 0 bridgehead atoms. The molecule has 6 heteroatoms. The van der Waals surface area contributed by atoms with E-state index in [1.807, 2.05) is 5.38 Å². The van der Waals surface area contributed by atoms with E-state index in [-0.39, 0.29) is 0 Å². The van der Waals surface area contributed by atoms with E-state index >= 15 is 0 Å². The molecular formula is C5H5N3OS2. The summed E-state index contributed by atoms with van der Waals surface area (Å²) in [5.41, 5.74) is 1.49. The molecule has 0 aliphatic carbocycles. The van der Waals surface area contributed by atoms with E-state index in [0.29, 0.717) is 0 Å². The van der Waals surface area contributed by atoms with Crippen molar-refractivity contribution >= 4 is 22.9 Å². The normalized spacial score (nSPS) is 8.36. The van der Waals surface area contributed by atoms with E-state index in [0.717, 1.165) is 4.73 Å². The van der Waals surface area contributed by atoms with E-state index in [1.165, 1.54) is 34.6 Å². The van der Waals surface area contributed by atoms with Gasteiger partial charge in [-0.05, 0) is 11.5 Å². The minimum atomic E-state index is 0.769. The predicted octanol–water partition coefficient (Wildman–Crippen LogP) is 0.920. The van der Waals surface area contributed by atoms with E-state index in [4.69, 9.17) is 0 Å². The van der Waals surface area contributed by atoms with Gasteiger partial charge in [0.2, 0.25) is 5.51 Å². The summed E-state index contributed by atoms with van der Waals surface area (Å²) in [6.45, 7) is 0. The smallest absolute Gasteiger partial charge is 0.236 e. The zero-order valence-corrected chi connectivity index (χ0v) is 7.09. The largest absolute Gasteiger partial charge is 0.618 e. The van der Waals surface area contributed by atoms with Crippen molar-refractivity contribution in [1.29, 1.82) is 0 Å². The molecule has 2 heterocycles. The van der Waals surface area contributed by atoms with Crippen molar-refractivity contribution in [2.75, 3.05) is 0 Å². The summed E-state index contributed by atoms with van der Waals surface area (Å²) in [7, 11) is 0. The fourth-order valence-electron chi connectivity index (χ4n) is 0.361. The summed E-state index contributed by atoms with van der Waals surface area (Å²) in [5.74, 6) is 0. The average Bonchev–Trinajstić information content (AvgIpc) is 2.57. The molecule has 0 aromatic carbocycles. The van der Waals surface area contributed by atoms with Gasteiger partial charge in [-0.2, -0.15) is 4.73 Å². The van der Waals surface area contributed by atoms with Crippen molar-refractivity contribution in [1.82, 2.24) is 9.59 Å². The van der Waals surface area contributed by atoms with Crippen LogP contribution in [0.3, 0.4) is 0 Å². The Kier molecular flexibility index (Phi) is 3.49. The van der Waals surface area contributed by atoms with Gasteiger partial charge in [-0.25, -0.2) is 0 Å². The molecule has 0 saturated carbocycles. The van der Waals surface area contributed by atoms with Crippen molar-refractivity contribution < 1.29 is 4.73 Å². The molecule has 2 aromatic heterocycles. The molecule has 0 radical (unpaired) electrons. The second kappa shape index (κ2) is 4.75. The molecule has 11 heavy (non-hydrogen) atoms. The van der Waals surface area contributed by atoms with Crippen LogP contribution in [0, 0.1) is 5.21 Å². The van der Waals surface area contributed by atoms with Gasteiger partial charge >= 0.3 is 0 Å². The summed E-state index contributed by atoms with van der Waals surface area (Å²) in [5, 5.41) is 17.0. The first kappa shape index (κ1) is 8.09. The lowest BCUT2D eigenvalue weighted by molar-refractivity contribution is -0.599. The Balaban J connectivity index is 0.000000112. The highest BCUT2D eigenvalue weighted by atomic mass is 32.1. The van der Waals surface area contributed by atoms with Crippen molar-refractivity contribution in [3.05, 3.63) is 33.9 Å². The van der Waals surface area contributed by atoms with Crippen molar-refractivity contribution in [2.45, 2.75) is 0 Å². The highest BCUT2D eigenvalue weighted by Crippen LogP contribution is 1.84. The molecule has 0 aliphatic rings. The molecule has 2 aromatic rings. The van der Waals surface area contributed by atoms with Crippen LogP contribution in [0.4, 0.5) is 0 Å². The lowest BCUT2D eigenvalue weighted by atomic mass is 11.0. The first-order chi connectivity index (χ1) is 5.39. The monoisotopic (exact) mass is 187 g/mol. The fourth-order valence-corrected chi connectivity index (χ4v) is 1.08. The number of hydrogen-bond donors (Lipinski definition) is 0. The molecule has 58 valence electrons. The Morgan fingerprint density at radius 1 is 1.36 bits per heavy atom. The van der Waals surface area contributed by atoms with Gasteiger partial charge in [0.1, 0.15) is 0 Å². The minimum absolute atomic E-state index is 0.769. The summed E-state index contributed by atoms with van der Waals surface area (Å²) in [4.78, 5) is 0. The molecule has 0 unspecified atom stereocenters. The molecule has 0 N–H and O–H groups in total. The second-order valence-electron chi connectivity index (χ2n) is 1.47. The van der Waals surface area contributed by atoms with Gasteiger partial charge in [0.25, 0.3) is 0 Å². The Bertz CT molecular complexity index is 238. The molecule has 0 atom stereocenters. The molecule has 0 amide bonds. The van der Waals surface area contributed by atoms with Crippen LogP contribution in [-0.4, -0.2) is 9.59 Å². The second-order valence-corrected chi connectivity index (χ2v) is 2.88. The third-order valence-corrected chi connectivity index (χ3v) is 1.77. The van der Waals surface area contributed by atoms with Gasteiger partial charge in [0.05, 0.1) is 11.6 Å². The van der Waals surface area contributed by atoms with E-state index in [9.17, 15) is 5.21 Å². The summed E-state index contributed by atoms with van der Waals surface area (Å²) >= 11 is 2.74. The van der Waals surface area contributed by atoms with Crippen molar-refractivity contribution in [2.24, 2.45) is 0 Å². The van der Waals surface area contributed by atoms with Crippen LogP contribution in [0.1, 0.15) is 0 Å². The number of rotatable bonds is 0. The molecular weight excluding hydrogens is 182 g/mol. The van der Waals surface area contributed by atoms with Crippen LogP contribution in [0.5, 0.6) is 0 Å². The van der Waals surface area contributed by atoms with Crippen LogP contribution in [-0.2, 0) is 0 Å². The summed E-state index contributed by atoms with van der Waals surface area (Å²) < 4.78 is 4.28. The Morgan fingerprint density at radius 3 is 2.45 bits per heavy atom.